The average Bonchev–Trinajstić information content (AvgIpc) is 2.55. The van der Waals surface area contributed by atoms with Crippen molar-refractivity contribution in [3.8, 4) is 11.1 Å². The Labute approximate surface area is 145 Å². The summed E-state index contributed by atoms with van der Waals surface area (Å²) in [5.41, 5.74) is 0.518. The molecular formula is C14H10ClF3N4O2S. The zero-order chi connectivity index (χ0) is 18.2. The fourth-order valence-electron chi connectivity index (χ4n) is 2.29. The van der Waals surface area contributed by atoms with Gasteiger partial charge in [0.25, 0.3) is 16.4 Å². The van der Waals surface area contributed by atoms with Gasteiger partial charge in [0.1, 0.15) is 9.92 Å². The smallest absolute Gasteiger partial charge is 0.287 e. The van der Waals surface area contributed by atoms with E-state index in [0.29, 0.717) is 0 Å². The van der Waals surface area contributed by atoms with Crippen molar-refractivity contribution in [2.75, 3.05) is 11.9 Å². The van der Waals surface area contributed by atoms with Gasteiger partial charge < -0.3 is 10.6 Å². The first-order valence-corrected chi connectivity index (χ1v) is 8.69. The van der Waals surface area contributed by atoms with Crippen molar-refractivity contribution >= 4 is 33.3 Å². The number of fused-ring (bicyclic) bond motifs is 1. The van der Waals surface area contributed by atoms with Crippen LogP contribution in [0.1, 0.15) is 0 Å². The molecule has 0 amide bonds. The van der Waals surface area contributed by atoms with Crippen molar-refractivity contribution in [3.05, 3.63) is 41.4 Å². The molecule has 0 saturated carbocycles. The second kappa shape index (κ2) is 6.52. The van der Waals surface area contributed by atoms with Gasteiger partial charge in [0.05, 0.1) is 12.2 Å². The number of nitrogens with zero attached hydrogens (tertiary/aromatic N) is 2. The number of pyridine rings is 1. The van der Waals surface area contributed by atoms with Crippen molar-refractivity contribution in [3.63, 3.8) is 0 Å². The third-order valence-electron chi connectivity index (χ3n) is 3.32. The molecule has 0 unspecified atom stereocenters. The van der Waals surface area contributed by atoms with Gasteiger partial charge in [0, 0.05) is 17.3 Å². The number of alkyl halides is 2. The number of rotatable bonds is 3. The summed E-state index contributed by atoms with van der Waals surface area (Å²) < 4.78 is 66.3. The second-order valence-corrected chi connectivity index (χ2v) is 6.90. The minimum Gasteiger partial charge on any atom is -0.349 e. The summed E-state index contributed by atoms with van der Waals surface area (Å²) >= 11 is 5.92. The van der Waals surface area contributed by atoms with E-state index >= 15 is 0 Å². The molecule has 2 heterocycles. The number of para-hydroxylation sites is 1. The molecule has 0 bridgehead atoms. The van der Waals surface area contributed by atoms with Crippen LogP contribution in [0.15, 0.2) is 39.8 Å². The van der Waals surface area contributed by atoms with Crippen LogP contribution in [-0.2, 0) is 10.0 Å². The molecule has 6 nitrogen and oxygen atoms in total. The van der Waals surface area contributed by atoms with Crippen LogP contribution in [0.25, 0.3) is 11.1 Å². The number of guanidine groups is 1. The van der Waals surface area contributed by atoms with E-state index < -0.39 is 28.9 Å². The number of hydrogen-bond donors (Lipinski definition) is 2. The number of benzene rings is 1. The van der Waals surface area contributed by atoms with Crippen molar-refractivity contribution in [2.45, 2.75) is 11.3 Å². The number of hydrogen-bond acceptors (Lipinski definition) is 5. The molecule has 2 aromatic rings. The van der Waals surface area contributed by atoms with Crippen LogP contribution in [0.3, 0.4) is 0 Å². The number of aromatic nitrogens is 1. The van der Waals surface area contributed by atoms with E-state index in [1.165, 1.54) is 30.5 Å². The SMILES string of the molecule is O=S1(=O)N=C(NCC(F)F)Nc2c(-c3ccnc(F)c3Cl)cccc21. The van der Waals surface area contributed by atoms with E-state index in [2.05, 4.69) is 20.0 Å². The van der Waals surface area contributed by atoms with Gasteiger partial charge in [-0.25, -0.2) is 13.8 Å². The number of nitrogens with one attached hydrogen (secondary N) is 2. The van der Waals surface area contributed by atoms with E-state index in [1.54, 1.807) is 0 Å². The van der Waals surface area contributed by atoms with E-state index in [9.17, 15) is 21.6 Å². The monoisotopic (exact) mass is 390 g/mol. The quantitative estimate of drug-likeness (QED) is 0.787. The van der Waals surface area contributed by atoms with Crippen LogP contribution in [-0.4, -0.2) is 32.3 Å². The lowest BCUT2D eigenvalue weighted by Crippen LogP contribution is -2.37. The van der Waals surface area contributed by atoms with Crippen LogP contribution in [0.2, 0.25) is 5.02 Å². The Morgan fingerprint density at radius 2 is 2.00 bits per heavy atom. The van der Waals surface area contributed by atoms with Crippen LogP contribution in [0.4, 0.5) is 18.9 Å². The lowest BCUT2D eigenvalue weighted by atomic mass is 10.0. The topological polar surface area (TPSA) is 83.5 Å². The third-order valence-corrected chi connectivity index (χ3v) is 5.00. The Morgan fingerprint density at radius 3 is 2.72 bits per heavy atom. The molecule has 1 aromatic carbocycles. The van der Waals surface area contributed by atoms with Gasteiger partial charge in [-0.1, -0.05) is 23.7 Å². The molecule has 3 rings (SSSR count). The number of halogens is 4. The summed E-state index contributed by atoms with van der Waals surface area (Å²) in [5.74, 6) is -1.27. The third kappa shape index (κ3) is 3.40. The van der Waals surface area contributed by atoms with E-state index in [-0.39, 0.29) is 32.7 Å². The van der Waals surface area contributed by atoms with E-state index in [0.717, 1.165) is 0 Å². The molecule has 0 atom stereocenters. The standard InChI is InChI=1S/C14H10ClF3N4O2S/c15-11-7(4-5-19-13(11)18)8-2-1-3-9-12(8)21-14(20-6-10(16)17)22-25(9,23)24/h1-5,10H,6H2,(H2,20,21,22). The molecule has 1 aliphatic heterocycles. The van der Waals surface area contributed by atoms with Gasteiger partial charge in [0.2, 0.25) is 11.9 Å². The average molecular weight is 391 g/mol. The van der Waals surface area contributed by atoms with Gasteiger partial charge in [-0.15, -0.1) is 4.40 Å². The minimum atomic E-state index is -4.13. The van der Waals surface area contributed by atoms with Crippen LogP contribution < -0.4 is 10.6 Å². The molecule has 0 aliphatic carbocycles. The molecule has 11 heteroatoms. The molecule has 0 spiro atoms. The molecule has 1 aromatic heterocycles. The summed E-state index contributed by atoms with van der Waals surface area (Å²) in [6.45, 7) is -0.788. The molecular weight excluding hydrogens is 381 g/mol. The summed E-state index contributed by atoms with van der Waals surface area (Å²) in [5, 5.41) is 4.57. The van der Waals surface area contributed by atoms with Crippen molar-refractivity contribution < 1.29 is 21.6 Å². The fraction of sp³-hybridized carbons (Fsp3) is 0.143. The Morgan fingerprint density at radius 1 is 1.24 bits per heavy atom. The molecule has 0 saturated heterocycles. The van der Waals surface area contributed by atoms with E-state index in [4.69, 9.17) is 11.6 Å². The lowest BCUT2D eigenvalue weighted by molar-refractivity contribution is 0.152. The Balaban J connectivity index is 2.12. The zero-order valence-corrected chi connectivity index (χ0v) is 13.9. The largest absolute Gasteiger partial charge is 0.349 e. The fourth-order valence-corrected chi connectivity index (χ4v) is 3.62. The highest BCUT2D eigenvalue weighted by molar-refractivity contribution is 7.90. The summed E-state index contributed by atoms with van der Waals surface area (Å²) in [6.07, 6.45) is -1.52. The van der Waals surface area contributed by atoms with Crippen LogP contribution >= 0.6 is 11.6 Å². The first kappa shape index (κ1) is 17.5. The Hall–Kier alpha value is -2.33. The first-order valence-electron chi connectivity index (χ1n) is 6.87. The van der Waals surface area contributed by atoms with Gasteiger partial charge in [-0.3, -0.25) is 0 Å². The van der Waals surface area contributed by atoms with Crippen molar-refractivity contribution in [2.24, 2.45) is 4.40 Å². The van der Waals surface area contributed by atoms with Crippen LogP contribution in [0, 0.1) is 5.95 Å². The number of sulfonamides is 1. The highest BCUT2D eigenvalue weighted by atomic mass is 35.5. The van der Waals surface area contributed by atoms with Gasteiger partial charge in [-0.2, -0.15) is 12.8 Å². The van der Waals surface area contributed by atoms with Crippen LogP contribution in [0.5, 0.6) is 0 Å². The Bertz CT molecular complexity index is 967. The summed E-state index contributed by atoms with van der Waals surface area (Å²) in [6, 6.07) is 5.65. The lowest BCUT2D eigenvalue weighted by Gasteiger charge is -2.22. The molecule has 132 valence electrons. The summed E-state index contributed by atoms with van der Waals surface area (Å²) in [7, 11) is -4.13. The predicted molar refractivity (Wildman–Crippen MR) is 86.9 cm³/mol. The van der Waals surface area contributed by atoms with Gasteiger partial charge in [-0.05, 0) is 12.1 Å². The number of anilines is 1. The normalized spacial score (nSPS) is 15.3. The molecule has 0 radical (unpaired) electrons. The molecule has 0 fully saturated rings. The maximum absolute atomic E-state index is 13.6. The first-order chi connectivity index (χ1) is 11.8. The Kier molecular flexibility index (Phi) is 4.56. The summed E-state index contributed by atoms with van der Waals surface area (Å²) in [4.78, 5) is 3.23. The second-order valence-electron chi connectivity index (χ2n) is 4.95. The van der Waals surface area contributed by atoms with Crippen molar-refractivity contribution in [1.82, 2.24) is 10.3 Å². The van der Waals surface area contributed by atoms with Gasteiger partial charge >= 0.3 is 0 Å². The van der Waals surface area contributed by atoms with E-state index in [1.807, 2.05) is 0 Å². The molecule has 2 N–H and O–H groups in total. The maximum atomic E-state index is 13.6. The predicted octanol–water partition coefficient (Wildman–Crippen LogP) is 2.87. The highest BCUT2D eigenvalue weighted by Crippen LogP contribution is 2.39. The van der Waals surface area contributed by atoms with Crippen molar-refractivity contribution in [1.29, 1.82) is 0 Å². The highest BCUT2D eigenvalue weighted by Gasteiger charge is 2.28. The molecule has 1 aliphatic rings. The maximum Gasteiger partial charge on any atom is 0.287 e. The van der Waals surface area contributed by atoms with Gasteiger partial charge in [0.15, 0.2) is 0 Å². The zero-order valence-electron chi connectivity index (χ0n) is 12.3. The molecule has 25 heavy (non-hydrogen) atoms. The minimum absolute atomic E-state index is 0.0572.